The molecule has 1 aromatic heterocycles. The highest BCUT2D eigenvalue weighted by atomic mass is 32.2. The molecule has 1 amide bonds. The third-order valence-corrected chi connectivity index (χ3v) is 5.92. The zero-order valence-electron chi connectivity index (χ0n) is 13.7. The van der Waals surface area contributed by atoms with Crippen molar-refractivity contribution >= 4 is 17.7 Å². The number of amides is 1. The van der Waals surface area contributed by atoms with Crippen LogP contribution in [0.4, 0.5) is 4.39 Å². The van der Waals surface area contributed by atoms with E-state index in [1.54, 1.807) is 16.9 Å². The van der Waals surface area contributed by atoms with Gasteiger partial charge in [-0.3, -0.25) is 4.79 Å². The predicted molar refractivity (Wildman–Crippen MR) is 93.1 cm³/mol. The number of nitrogens with one attached hydrogen (secondary N) is 2. The van der Waals surface area contributed by atoms with E-state index < -0.39 is 0 Å². The molecule has 2 N–H and O–H groups in total. The van der Waals surface area contributed by atoms with E-state index in [9.17, 15) is 9.18 Å². The molecule has 2 aliphatic rings. The molecule has 1 atom stereocenters. The van der Waals surface area contributed by atoms with Crippen LogP contribution in [0.1, 0.15) is 47.4 Å². The standard InChI is InChI=1S/C17H20FN5OS/c18-13-3-1-2-12-14(6-9-25-16(12)13)20-17(24)15-10-23(22-21-15)11-4-7-19-8-5-11/h1-3,10-11,14,19H,4-9H2,(H,20,24). The van der Waals surface area contributed by atoms with Gasteiger partial charge in [-0.25, -0.2) is 9.07 Å². The Morgan fingerprint density at radius 3 is 3.00 bits per heavy atom. The summed E-state index contributed by atoms with van der Waals surface area (Å²) in [7, 11) is 0. The van der Waals surface area contributed by atoms with Crippen LogP contribution in [0.2, 0.25) is 0 Å². The third kappa shape index (κ3) is 3.41. The molecule has 8 heteroatoms. The highest BCUT2D eigenvalue weighted by molar-refractivity contribution is 7.99. The molecule has 1 fully saturated rings. The topological polar surface area (TPSA) is 71.8 Å². The predicted octanol–water partition coefficient (Wildman–Crippen LogP) is 2.31. The third-order valence-electron chi connectivity index (χ3n) is 4.76. The number of fused-ring (bicyclic) bond motifs is 1. The maximum Gasteiger partial charge on any atom is 0.273 e. The van der Waals surface area contributed by atoms with Crippen molar-refractivity contribution in [2.24, 2.45) is 0 Å². The molecule has 0 aliphatic carbocycles. The number of aromatic nitrogens is 3. The van der Waals surface area contributed by atoms with Crippen molar-refractivity contribution in [3.8, 4) is 0 Å². The largest absolute Gasteiger partial charge is 0.344 e. The van der Waals surface area contributed by atoms with Crippen LogP contribution in [0.15, 0.2) is 29.3 Å². The van der Waals surface area contributed by atoms with Crippen molar-refractivity contribution in [1.29, 1.82) is 0 Å². The zero-order valence-corrected chi connectivity index (χ0v) is 14.6. The van der Waals surface area contributed by atoms with E-state index in [4.69, 9.17) is 0 Å². The first-order valence-electron chi connectivity index (χ1n) is 8.57. The summed E-state index contributed by atoms with van der Waals surface area (Å²) < 4.78 is 15.7. The maximum absolute atomic E-state index is 13.9. The van der Waals surface area contributed by atoms with Crippen LogP contribution < -0.4 is 10.6 Å². The molecule has 1 aromatic carbocycles. The molecule has 4 rings (SSSR count). The van der Waals surface area contributed by atoms with Crippen molar-refractivity contribution < 1.29 is 9.18 Å². The number of hydrogen-bond donors (Lipinski definition) is 2. The van der Waals surface area contributed by atoms with Crippen molar-refractivity contribution in [3.05, 3.63) is 41.5 Å². The van der Waals surface area contributed by atoms with Crippen LogP contribution in [0.5, 0.6) is 0 Å². The Bertz CT molecular complexity index is 774. The van der Waals surface area contributed by atoms with E-state index in [1.165, 1.54) is 17.8 Å². The Morgan fingerprint density at radius 2 is 2.16 bits per heavy atom. The maximum atomic E-state index is 13.9. The van der Waals surface area contributed by atoms with Gasteiger partial charge in [-0.15, -0.1) is 16.9 Å². The summed E-state index contributed by atoms with van der Waals surface area (Å²) in [5.74, 6) is 0.297. The second kappa shape index (κ2) is 7.13. The quantitative estimate of drug-likeness (QED) is 0.878. The van der Waals surface area contributed by atoms with Crippen molar-refractivity contribution in [2.45, 2.75) is 36.2 Å². The monoisotopic (exact) mass is 361 g/mol. The average Bonchev–Trinajstić information content (AvgIpc) is 3.14. The van der Waals surface area contributed by atoms with Crippen LogP contribution >= 0.6 is 11.8 Å². The first kappa shape index (κ1) is 16.5. The smallest absolute Gasteiger partial charge is 0.273 e. The molecule has 1 unspecified atom stereocenters. The summed E-state index contributed by atoms with van der Waals surface area (Å²) in [6.07, 6.45) is 4.46. The number of benzene rings is 1. The number of piperidine rings is 1. The van der Waals surface area contributed by atoms with Crippen molar-refractivity contribution in [1.82, 2.24) is 25.6 Å². The molecule has 25 heavy (non-hydrogen) atoms. The van der Waals surface area contributed by atoms with Crippen molar-refractivity contribution in [3.63, 3.8) is 0 Å². The molecule has 2 aromatic rings. The molecule has 132 valence electrons. The Kier molecular flexibility index (Phi) is 4.72. The lowest BCUT2D eigenvalue weighted by atomic mass is 10.0. The molecule has 1 saturated heterocycles. The van der Waals surface area contributed by atoms with E-state index in [0.717, 1.165) is 43.7 Å². The Morgan fingerprint density at radius 1 is 1.32 bits per heavy atom. The molecule has 6 nitrogen and oxygen atoms in total. The Balaban J connectivity index is 1.48. The minimum atomic E-state index is -0.257. The second-order valence-corrected chi connectivity index (χ2v) is 7.49. The first-order valence-corrected chi connectivity index (χ1v) is 9.55. The number of carbonyl (C=O) groups is 1. The minimum absolute atomic E-state index is 0.191. The van der Waals surface area contributed by atoms with Gasteiger partial charge in [0.25, 0.3) is 5.91 Å². The number of carbonyl (C=O) groups excluding carboxylic acids is 1. The number of halogens is 1. The number of rotatable bonds is 3. The summed E-state index contributed by atoms with van der Waals surface area (Å²) >= 11 is 1.50. The molecular formula is C17H20FN5OS. The van der Waals surface area contributed by atoms with Gasteiger partial charge in [-0.2, -0.15) is 0 Å². The van der Waals surface area contributed by atoms with Gasteiger partial charge in [0.05, 0.1) is 18.3 Å². The van der Waals surface area contributed by atoms with E-state index in [-0.39, 0.29) is 23.8 Å². The lowest BCUT2D eigenvalue weighted by Crippen LogP contribution is -2.31. The van der Waals surface area contributed by atoms with Crippen LogP contribution in [-0.2, 0) is 0 Å². The fraction of sp³-hybridized carbons (Fsp3) is 0.471. The SMILES string of the molecule is O=C(NC1CCSc2c(F)cccc21)c1cn(C2CCNCC2)nn1. The summed E-state index contributed by atoms with van der Waals surface area (Å²) in [4.78, 5) is 13.2. The summed E-state index contributed by atoms with van der Waals surface area (Å²) in [5.41, 5.74) is 1.16. The first-order chi connectivity index (χ1) is 12.2. The van der Waals surface area contributed by atoms with Gasteiger partial charge < -0.3 is 10.6 Å². The van der Waals surface area contributed by atoms with Crippen molar-refractivity contribution in [2.75, 3.05) is 18.8 Å². The van der Waals surface area contributed by atoms with Gasteiger partial charge in [0, 0.05) is 10.6 Å². The average molecular weight is 361 g/mol. The molecule has 0 saturated carbocycles. The number of nitrogens with zero attached hydrogens (tertiary/aromatic N) is 3. The van der Waals surface area contributed by atoms with Gasteiger partial charge >= 0.3 is 0 Å². The normalized spacial score (nSPS) is 20.9. The van der Waals surface area contributed by atoms with Crippen LogP contribution in [-0.4, -0.2) is 39.7 Å². The Labute approximate surface area is 149 Å². The van der Waals surface area contributed by atoms with Crippen LogP contribution in [0.3, 0.4) is 0 Å². The van der Waals surface area contributed by atoms with Gasteiger partial charge in [0.15, 0.2) is 5.69 Å². The fourth-order valence-corrected chi connectivity index (χ4v) is 4.54. The van der Waals surface area contributed by atoms with Crippen LogP contribution in [0.25, 0.3) is 0 Å². The number of thioether (sulfide) groups is 1. The summed E-state index contributed by atoms with van der Waals surface area (Å²) in [5, 5.41) is 14.5. The van der Waals surface area contributed by atoms with E-state index in [1.807, 2.05) is 6.07 Å². The van der Waals surface area contributed by atoms with Gasteiger partial charge in [-0.05, 0) is 44.0 Å². The summed E-state index contributed by atoms with van der Waals surface area (Å²) in [6, 6.07) is 5.12. The molecule has 0 radical (unpaired) electrons. The van der Waals surface area contributed by atoms with E-state index >= 15 is 0 Å². The highest BCUT2D eigenvalue weighted by Gasteiger charge is 2.26. The second-order valence-electron chi connectivity index (χ2n) is 6.39. The lowest BCUT2D eigenvalue weighted by molar-refractivity contribution is 0.0929. The highest BCUT2D eigenvalue weighted by Crippen LogP contribution is 2.37. The van der Waals surface area contributed by atoms with Gasteiger partial charge in [-0.1, -0.05) is 17.3 Å². The van der Waals surface area contributed by atoms with Gasteiger partial charge in [0.2, 0.25) is 0 Å². The fourth-order valence-electron chi connectivity index (χ4n) is 3.40. The van der Waals surface area contributed by atoms with Gasteiger partial charge in [0.1, 0.15) is 5.82 Å². The summed E-state index contributed by atoms with van der Waals surface area (Å²) in [6.45, 7) is 1.91. The minimum Gasteiger partial charge on any atom is -0.344 e. The molecule has 3 heterocycles. The molecule has 0 bridgehead atoms. The molecule has 0 spiro atoms. The molecular weight excluding hydrogens is 341 g/mol. The molecule has 2 aliphatic heterocycles. The lowest BCUT2D eigenvalue weighted by Gasteiger charge is -2.25. The van der Waals surface area contributed by atoms with E-state index in [2.05, 4.69) is 20.9 Å². The zero-order chi connectivity index (χ0) is 17.2. The Hall–Kier alpha value is -1.93. The van der Waals surface area contributed by atoms with E-state index in [0.29, 0.717) is 10.6 Å². The number of hydrogen-bond acceptors (Lipinski definition) is 5. The van der Waals surface area contributed by atoms with Crippen LogP contribution in [0, 0.1) is 5.82 Å².